The predicted molar refractivity (Wildman–Crippen MR) is 65.7 cm³/mol. The van der Waals surface area contributed by atoms with Crippen LogP contribution in [0.15, 0.2) is 24.7 Å². The maximum Gasteiger partial charge on any atom is 0.269 e. The van der Waals surface area contributed by atoms with Gasteiger partial charge >= 0.3 is 0 Å². The molecule has 2 aromatic heterocycles. The second kappa shape index (κ2) is 5.26. The molecule has 3 N–H and O–H groups in total. The van der Waals surface area contributed by atoms with Gasteiger partial charge in [-0.25, -0.2) is 4.98 Å². The summed E-state index contributed by atoms with van der Waals surface area (Å²) in [5.41, 5.74) is 6.38. The SMILES string of the molecule is Cn1cnnc1CCNC(=O)c1ccc(N)cn1. The van der Waals surface area contributed by atoms with Crippen molar-refractivity contribution in [2.45, 2.75) is 6.42 Å². The number of nitrogens with zero attached hydrogens (tertiary/aromatic N) is 4. The first kappa shape index (κ1) is 12.0. The van der Waals surface area contributed by atoms with Gasteiger partial charge in [0.2, 0.25) is 0 Å². The molecule has 0 saturated carbocycles. The summed E-state index contributed by atoms with van der Waals surface area (Å²) in [4.78, 5) is 15.7. The molecule has 0 aliphatic heterocycles. The highest BCUT2D eigenvalue weighted by Gasteiger charge is 2.07. The maximum absolute atomic E-state index is 11.7. The standard InChI is InChI=1S/C11H14N6O/c1-17-7-15-16-10(17)4-5-13-11(18)9-3-2-8(12)6-14-9/h2-3,6-7H,4-5,12H2,1H3,(H,13,18). The largest absolute Gasteiger partial charge is 0.397 e. The summed E-state index contributed by atoms with van der Waals surface area (Å²) in [6.45, 7) is 0.484. The van der Waals surface area contributed by atoms with Crippen LogP contribution in [0.5, 0.6) is 0 Å². The van der Waals surface area contributed by atoms with E-state index >= 15 is 0 Å². The minimum absolute atomic E-state index is 0.225. The molecule has 0 atom stereocenters. The minimum atomic E-state index is -0.225. The van der Waals surface area contributed by atoms with E-state index in [4.69, 9.17) is 5.73 Å². The molecule has 94 valence electrons. The summed E-state index contributed by atoms with van der Waals surface area (Å²) in [5, 5.41) is 10.4. The molecule has 0 aromatic carbocycles. The lowest BCUT2D eigenvalue weighted by Crippen LogP contribution is -2.27. The number of pyridine rings is 1. The summed E-state index contributed by atoms with van der Waals surface area (Å²) in [7, 11) is 1.86. The molecule has 7 heteroatoms. The number of nitrogen functional groups attached to an aromatic ring is 1. The molecule has 0 aliphatic carbocycles. The van der Waals surface area contributed by atoms with Crippen LogP contribution in [0.25, 0.3) is 0 Å². The number of aryl methyl sites for hydroxylation is 1. The molecular formula is C11H14N6O. The Kier molecular flexibility index (Phi) is 3.52. The number of rotatable bonds is 4. The van der Waals surface area contributed by atoms with Crippen LogP contribution in [0.2, 0.25) is 0 Å². The van der Waals surface area contributed by atoms with Crippen LogP contribution in [-0.4, -0.2) is 32.2 Å². The quantitative estimate of drug-likeness (QED) is 0.776. The number of amides is 1. The molecule has 0 bridgehead atoms. The zero-order valence-corrected chi connectivity index (χ0v) is 10.00. The fourth-order valence-corrected chi connectivity index (χ4v) is 1.45. The third kappa shape index (κ3) is 2.82. The maximum atomic E-state index is 11.7. The fraction of sp³-hybridized carbons (Fsp3) is 0.273. The predicted octanol–water partition coefficient (Wildman–Crippen LogP) is -0.235. The number of carbonyl (C=O) groups excluding carboxylic acids is 1. The van der Waals surface area contributed by atoms with Crippen LogP contribution in [0, 0.1) is 0 Å². The van der Waals surface area contributed by atoms with Crippen molar-refractivity contribution in [3.63, 3.8) is 0 Å². The van der Waals surface area contributed by atoms with Crippen molar-refractivity contribution < 1.29 is 4.79 Å². The van der Waals surface area contributed by atoms with E-state index in [9.17, 15) is 4.79 Å². The summed E-state index contributed by atoms with van der Waals surface area (Å²) < 4.78 is 1.81. The normalized spacial score (nSPS) is 10.3. The first-order chi connectivity index (χ1) is 8.66. The average molecular weight is 246 g/mol. The first-order valence-corrected chi connectivity index (χ1v) is 5.49. The molecule has 0 spiro atoms. The molecule has 2 heterocycles. The smallest absolute Gasteiger partial charge is 0.269 e. The zero-order valence-electron chi connectivity index (χ0n) is 10.00. The number of aromatic nitrogens is 4. The van der Waals surface area contributed by atoms with Crippen molar-refractivity contribution in [1.29, 1.82) is 0 Å². The molecule has 1 amide bonds. The van der Waals surface area contributed by atoms with E-state index in [1.807, 2.05) is 11.6 Å². The number of carbonyl (C=O) groups is 1. The molecule has 2 rings (SSSR count). The van der Waals surface area contributed by atoms with Gasteiger partial charge in [-0.15, -0.1) is 10.2 Å². The first-order valence-electron chi connectivity index (χ1n) is 5.49. The summed E-state index contributed by atoms with van der Waals surface area (Å²) in [5.74, 6) is 0.595. The topological polar surface area (TPSA) is 98.7 Å². The van der Waals surface area contributed by atoms with Crippen LogP contribution < -0.4 is 11.1 Å². The van der Waals surface area contributed by atoms with Gasteiger partial charge < -0.3 is 15.6 Å². The van der Waals surface area contributed by atoms with Crippen LogP contribution in [0.4, 0.5) is 5.69 Å². The van der Waals surface area contributed by atoms with Crippen molar-refractivity contribution in [1.82, 2.24) is 25.1 Å². The summed E-state index contributed by atoms with van der Waals surface area (Å²) in [6.07, 6.45) is 3.70. The van der Waals surface area contributed by atoms with Crippen molar-refractivity contribution >= 4 is 11.6 Å². The van der Waals surface area contributed by atoms with Gasteiger partial charge in [0.25, 0.3) is 5.91 Å². The Balaban J connectivity index is 1.85. The van der Waals surface area contributed by atoms with Crippen molar-refractivity contribution in [2.24, 2.45) is 7.05 Å². The van der Waals surface area contributed by atoms with Gasteiger partial charge in [0.05, 0.1) is 11.9 Å². The Morgan fingerprint density at radius 1 is 1.50 bits per heavy atom. The zero-order chi connectivity index (χ0) is 13.0. The molecule has 0 unspecified atom stereocenters. The molecule has 7 nitrogen and oxygen atoms in total. The minimum Gasteiger partial charge on any atom is -0.397 e. The second-order valence-electron chi connectivity index (χ2n) is 3.84. The van der Waals surface area contributed by atoms with Crippen LogP contribution in [0.3, 0.4) is 0 Å². The van der Waals surface area contributed by atoms with Gasteiger partial charge in [0.15, 0.2) is 0 Å². The van der Waals surface area contributed by atoms with Gasteiger partial charge in [0.1, 0.15) is 17.8 Å². The lowest BCUT2D eigenvalue weighted by Gasteiger charge is -2.04. The van der Waals surface area contributed by atoms with Crippen molar-refractivity contribution in [3.05, 3.63) is 36.2 Å². The van der Waals surface area contributed by atoms with E-state index in [1.54, 1.807) is 18.5 Å². The van der Waals surface area contributed by atoms with Gasteiger partial charge in [-0.3, -0.25) is 4.79 Å². The third-order valence-electron chi connectivity index (χ3n) is 2.46. The lowest BCUT2D eigenvalue weighted by atomic mass is 10.3. The van der Waals surface area contributed by atoms with E-state index < -0.39 is 0 Å². The van der Waals surface area contributed by atoms with Crippen molar-refractivity contribution in [3.8, 4) is 0 Å². The van der Waals surface area contributed by atoms with Crippen LogP contribution >= 0.6 is 0 Å². The molecule has 2 aromatic rings. The Morgan fingerprint density at radius 3 is 2.94 bits per heavy atom. The van der Waals surface area contributed by atoms with Gasteiger partial charge in [-0.05, 0) is 12.1 Å². The highest BCUT2D eigenvalue weighted by Crippen LogP contribution is 2.00. The van der Waals surface area contributed by atoms with E-state index in [1.165, 1.54) is 6.20 Å². The molecule has 0 aliphatic rings. The highest BCUT2D eigenvalue weighted by molar-refractivity contribution is 5.92. The number of anilines is 1. The molecule has 0 fully saturated rings. The Labute approximate surface area is 104 Å². The fourth-order valence-electron chi connectivity index (χ4n) is 1.45. The van der Waals surface area contributed by atoms with Gasteiger partial charge in [-0.2, -0.15) is 0 Å². The number of hydrogen-bond acceptors (Lipinski definition) is 5. The van der Waals surface area contributed by atoms with Crippen LogP contribution in [0.1, 0.15) is 16.3 Å². The number of nitrogens with two attached hydrogens (primary N) is 1. The molecule has 0 saturated heterocycles. The average Bonchev–Trinajstić information content (AvgIpc) is 2.76. The highest BCUT2D eigenvalue weighted by atomic mass is 16.1. The number of hydrogen-bond donors (Lipinski definition) is 2. The monoisotopic (exact) mass is 246 g/mol. The van der Waals surface area contributed by atoms with E-state index in [2.05, 4.69) is 20.5 Å². The lowest BCUT2D eigenvalue weighted by molar-refractivity contribution is 0.0949. The van der Waals surface area contributed by atoms with Crippen molar-refractivity contribution in [2.75, 3.05) is 12.3 Å². The van der Waals surface area contributed by atoms with E-state index in [-0.39, 0.29) is 5.91 Å². The Morgan fingerprint density at radius 2 is 2.33 bits per heavy atom. The Bertz CT molecular complexity index is 533. The molecular weight excluding hydrogens is 232 g/mol. The van der Waals surface area contributed by atoms with Gasteiger partial charge in [0, 0.05) is 20.0 Å². The Hall–Kier alpha value is -2.44. The summed E-state index contributed by atoms with van der Waals surface area (Å²) in [6, 6.07) is 3.23. The number of nitrogens with one attached hydrogen (secondary N) is 1. The van der Waals surface area contributed by atoms with Crippen LogP contribution in [-0.2, 0) is 13.5 Å². The van der Waals surface area contributed by atoms with E-state index in [0.29, 0.717) is 24.3 Å². The van der Waals surface area contributed by atoms with Gasteiger partial charge in [-0.1, -0.05) is 0 Å². The second-order valence-corrected chi connectivity index (χ2v) is 3.84. The summed E-state index contributed by atoms with van der Waals surface area (Å²) >= 11 is 0. The molecule has 0 radical (unpaired) electrons. The molecule has 18 heavy (non-hydrogen) atoms. The third-order valence-corrected chi connectivity index (χ3v) is 2.46. The van der Waals surface area contributed by atoms with E-state index in [0.717, 1.165) is 5.82 Å².